The number of hydrogen-bond acceptors (Lipinski definition) is 1. The van der Waals surface area contributed by atoms with Gasteiger partial charge in [0.1, 0.15) is 0 Å². The lowest BCUT2D eigenvalue weighted by Gasteiger charge is -2.13. The maximum atomic E-state index is 5.51. The average Bonchev–Trinajstić information content (AvgIpc) is 2.01. The summed E-state index contributed by atoms with van der Waals surface area (Å²) in [5.41, 5.74) is 1.32. The van der Waals surface area contributed by atoms with Crippen LogP contribution in [0.5, 0.6) is 0 Å². The molecule has 0 heterocycles. The molecule has 0 saturated carbocycles. The van der Waals surface area contributed by atoms with Gasteiger partial charge in [0.25, 0.3) is 0 Å². The number of allylic oxidation sites excluding steroid dienone is 2. The average molecular weight is 166 g/mol. The van der Waals surface area contributed by atoms with E-state index < -0.39 is 0 Å². The second-order valence-corrected chi connectivity index (χ2v) is 3.72. The van der Waals surface area contributed by atoms with Crippen LogP contribution >= 0.6 is 0 Å². The maximum absolute atomic E-state index is 5.51. The van der Waals surface area contributed by atoms with Crippen molar-refractivity contribution in [3.05, 3.63) is 23.8 Å². The molecule has 1 nitrogen and oxygen atoms in total. The summed E-state index contributed by atoms with van der Waals surface area (Å²) < 4.78 is 5.51. The molecular weight excluding hydrogens is 148 g/mol. The van der Waals surface area contributed by atoms with Crippen LogP contribution in [0.15, 0.2) is 23.8 Å². The predicted octanol–water partition coefficient (Wildman–Crippen LogP) is 2.93. The molecule has 0 spiro atoms. The molecule has 1 aliphatic carbocycles. The monoisotopic (exact) mass is 166 g/mol. The van der Waals surface area contributed by atoms with E-state index in [4.69, 9.17) is 4.74 Å². The highest BCUT2D eigenvalue weighted by Crippen LogP contribution is 2.16. The van der Waals surface area contributed by atoms with Crippen LogP contribution in [-0.2, 0) is 4.74 Å². The first kappa shape index (κ1) is 9.53. The van der Waals surface area contributed by atoms with Crippen molar-refractivity contribution in [1.29, 1.82) is 0 Å². The van der Waals surface area contributed by atoms with E-state index in [2.05, 4.69) is 39.0 Å². The largest absolute Gasteiger partial charge is 0.374 e. The molecule has 0 N–H and O–H groups in total. The molecule has 0 radical (unpaired) electrons. The fourth-order valence-corrected chi connectivity index (χ4v) is 1.28. The normalized spacial score (nSPS) is 23.0. The van der Waals surface area contributed by atoms with E-state index in [0.717, 1.165) is 6.61 Å². The molecule has 1 aliphatic rings. The Morgan fingerprint density at radius 2 is 2.33 bits per heavy atom. The fourth-order valence-electron chi connectivity index (χ4n) is 1.28. The Morgan fingerprint density at radius 1 is 1.58 bits per heavy atom. The molecule has 0 aliphatic heterocycles. The summed E-state index contributed by atoms with van der Waals surface area (Å²) in [6, 6.07) is 0. The second-order valence-electron chi connectivity index (χ2n) is 3.72. The van der Waals surface area contributed by atoms with Crippen LogP contribution in [0.2, 0.25) is 0 Å². The molecule has 68 valence electrons. The first-order valence-electron chi connectivity index (χ1n) is 4.67. The maximum Gasteiger partial charge on any atom is 0.0717 e. The Labute approximate surface area is 75.1 Å². The van der Waals surface area contributed by atoms with Crippen molar-refractivity contribution in [2.45, 2.75) is 33.3 Å². The van der Waals surface area contributed by atoms with Crippen LogP contribution in [-0.4, -0.2) is 12.7 Å². The van der Waals surface area contributed by atoms with Crippen molar-refractivity contribution in [1.82, 2.24) is 0 Å². The molecule has 0 aromatic heterocycles. The van der Waals surface area contributed by atoms with E-state index in [0.29, 0.717) is 12.0 Å². The minimum absolute atomic E-state index is 0.330. The van der Waals surface area contributed by atoms with Gasteiger partial charge in [-0.3, -0.25) is 0 Å². The zero-order chi connectivity index (χ0) is 8.97. The van der Waals surface area contributed by atoms with Gasteiger partial charge in [-0.05, 0) is 31.8 Å². The van der Waals surface area contributed by atoms with Gasteiger partial charge in [-0.1, -0.05) is 25.2 Å². The highest BCUT2D eigenvalue weighted by Gasteiger charge is 2.04. The molecule has 0 bridgehead atoms. The Balaban J connectivity index is 2.36. The van der Waals surface area contributed by atoms with Gasteiger partial charge in [0.15, 0.2) is 0 Å². The third-order valence-electron chi connectivity index (χ3n) is 1.92. The summed E-state index contributed by atoms with van der Waals surface area (Å²) in [5.74, 6) is 0.681. The Bertz CT molecular complexity index is 189. The van der Waals surface area contributed by atoms with Crippen molar-refractivity contribution in [3.63, 3.8) is 0 Å². The summed E-state index contributed by atoms with van der Waals surface area (Å²) >= 11 is 0. The molecule has 12 heavy (non-hydrogen) atoms. The highest BCUT2D eigenvalue weighted by molar-refractivity contribution is 5.23. The van der Waals surface area contributed by atoms with Crippen molar-refractivity contribution in [3.8, 4) is 0 Å². The van der Waals surface area contributed by atoms with Gasteiger partial charge in [0.2, 0.25) is 0 Å². The molecule has 1 unspecified atom stereocenters. The second kappa shape index (κ2) is 4.46. The van der Waals surface area contributed by atoms with Crippen molar-refractivity contribution < 1.29 is 4.74 Å². The van der Waals surface area contributed by atoms with Crippen LogP contribution in [0.1, 0.15) is 27.2 Å². The van der Waals surface area contributed by atoms with Gasteiger partial charge >= 0.3 is 0 Å². The van der Waals surface area contributed by atoms with Gasteiger partial charge < -0.3 is 4.74 Å². The van der Waals surface area contributed by atoms with E-state index >= 15 is 0 Å². The van der Waals surface area contributed by atoms with Gasteiger partial charge in [-0.15, -0.1) is 0 Å². The van der Waals surface area contributed by atoms with Crippen LogP contribution < -0.4 is 0 Å². The van der Waals surface area contributed by atoms with Gasteiger partial charge in [0.05, 0.1) is 12.7 Å². The van der Waals surface area contributed by atoms with Gasteiger partial charge in [-0.25, -0.2) is 0 Å². The third kappa shape index (κ3) is 3.22. The lowest BCUT2D eigenvalue weighted by atomic mass is 9.98. The molecule has 0 fully saturated rings. The van der Waals surface area contributed by atoms with E-state index in [1.165, 1.54) is 12.0 Å². The molecule has 0 amide bonds. The molecule has 1 rings (SSSR count). The van der Waals surface area contributed by atoms with Crippen LogP contribution in [0.25, 0.3) is 0 Å². The quantitative estimate of drug-likeness (QED) is 0.626. The smallest absolute Gasteiger partial charge is 0.0717 e. The van der Waals surface area contributed by atoms with E-state index in [1.807, 2.05) is 0 Å². The first-order chi connectivity index (χ1) is 5.68. The molecule has 0 aromatic rings. The summed E-state index contributed by atoms with van der Waals surface area (Å²) in [4.78, 5) is 0. The summed E-state index contributed by atoms with van der Waals surface area (Å²) in [5, 5.41) is 0. The molecular formula is C11H18O. The van der Waals surface area contributed by atoms with Crippen LogP contribution in [0.3, 0.4) is 0 Å². The van der Waals surface area contributed by atoms with E-state index in [1.54, 1.807) is 0 Å². The van der Waals surface area contributed by atoms with Gasteiger partial charge in [0, 0.05) is 0 Å². The molecule has 1 atom stereocenters. The van der Waals surface area contributed by atoms with Crippen molar-refractivity contribution >= 4 is 0 Å². The van der Waals surface area contributed by atoms with Crippen molar-refractivity contribution in [2.75, 3.05) is 6.61 Å². The third-order valence-corrected chi connectivity index (χ3v) is 1.92. The van der Waals surface area contributed by atoms with E-state index in [-0.39, 0.29) is 0 Å². The molecule has 0 aromatic carbocycles. The number of hydrogen-bond donors (Lipinski definition) is 0. The van der Waals surface area contributed by atoms with E-state index in [9.17, 15) is 0 Å². The zero-order valence-electron chi connectivity index (χ0n) is 8.21. The SMILES string of the molecule is CC1C=C(COC(C)C)C=CC1. The minimum atomic E-state index is 0.330. The topological polar surface area (TPSA) is 9.23 Å². The number of rotatable bonds is 3. The standard InChI is InChI=1S/C11H18O/c1-9(2)12-8-11-6-4-5-10(3)7-11/h4,6-7,9-10H,5,8H2,1-3H3. The zero-order valence-corrected chi connectivity index (χ0v) is 8.21. The Morgan fingerprint density at radius 3 is 2.92 bits per heavy atom. The summed E-state index contributed by atoms with van der Waals surface area (Å²) in [7, 11) is 0. The Hall–Kier alpha value is -0.560. The van der Waals surface area contributed by atoms with Gasteiger partial charge in [-0.2, -0.15) is 0 Å². The Kier molecular flexibility index (Phi) is 3.54. The minimum Gasteiger partial charge on any atom is -0.374 e. The first-order valence-corrected chi connectivity index (χ1v) is 4.67. The summed E-state index contributed by atoms with van der Waals surface area (Å²) in [6.45, 7) is 7.13. The lowest BCUT2D eigenvalue weighted by Crippen LogP contribution is -2.07. The number of ether oxygens (including phenoxy) is 1. The predicted molar refractivity (Wildman–Crippen MR) is 52.1 cm³/mol. The fraction of sp³-hybridized carbons (Fsp3) is 0.636. The van der Waals surface area contributed by atoms with Crippen molar-refractivity contribution in [2.24, 2.45) is 5.92 Å². The molecule has 1 heteroatoms. The summed E-state index contributed by atoms with van der Waals surface area (Å²) in [6.07, 6.45) is 8.19. The van der Waals surface area contributed by atoms with Crippen LogP contribution in [0.4, 0.5) is 0 Å². The lowest BCUT2D eigenvalue weighted by molar-refractivity contribution is 0.0984. The molecule has 0 saturated heterocycles. The highest BCUT2D eigenvalue weighted by atomic mass is 16.5. The van der Waals surface area contributed by atoms with Crippen LogP contribution in [0, 0.1) is 5.92 Å².